The van der Waals surface area contributed by atoms with E-state index in [4.69, 9.17) is 0 Å². The van der Waals surface area contributed by atoms with E-state index in [1.165, 1.54) is 0 Å². The normalized spacial score (nSPS) is 7.40. The topological polar surface area (TPSA) is 0 Å². The van der Waals surface area contributed by atoms with E-state index in [1.54, 1.807) is 0 Å². The molecule has 0 aromatic rings. The van der Waals surface area contributed by atoms with Crippen LogP contribution in [-0.2, 0) is 0 Å². The van der Waals surface area contributed by atoms with Crippen LogP contribution in [0.5, 0.6) is 0 Å². The molecule has 0 fully saturated rings. The summed E-state index contributed by atoms with van der Waals surface area (Å²) in [5.41, 5.74) is 0. The Morgan fingerprint density at radius 1 is 1.80 bits per heavy atom. The van der Waals surface area contributed by atoms with Crippen molar-refractivity contribution in [3.8, 4) is 0 Å². The quantitative estimate of drug-likeness (QED) is 0.427. The third kappa shape index (κ3) is 4.74. The summed E-state index contributed by atoms with van der Waals surface area (Å²) >= 11 is 6.72. The third-order valence-electron chi connectivity index (χ3n) is 0.247. The summed E-state index contributed by atoms with van der Waals surface area (Å²) in [6, 6.07) is 0. The van der Waals surface area contributed by atoms with Gasteiger partial charge in [-0.3, -0.25) is 0 Å². The first-order valence-corrected chi connectivity index (χ1v) is 3.08. The second-order valence-corrected chi connectivity index (χ2v) is 1.83. The third-order valence-corrected chi connectivity index (χ3v) is 1.000. The molecule has 5 heavy (non-hydrogen) atoms. The van der Waals surface area contributed by atoms with Gasteiger partial charge in [-0.2, -0.15) is 0 Å². The molecule has 0 spiro atoms. The van der Waals surface area contributed by atoms with Crippen molar-refractivity contribution in [1.82, 2.24) is 0 Å². The Kier molecular flexibility index (Phi) is 5.44. The Bertz CT molecular complexity index is 28.1. The molecule has 0 aliphatic carbocycles. The van der Waals surface area contributed by atoms with Gasteiger partial charge < -0.3 is 0 Å². The Labute approximate surface area is 45.7 Å². The second kappa shape index (κ2) is 4.74. The zero-order chi connectivity index (χ0) is 4.12. The Morgan fingerprint density at radius 3 is 2.40 bits per heavy atom. The molecule has 0 saturated heterocycles. The van der Waals surface area contributed by atoms with Gasteiger partial charge in [-0.05, 0) is 0 Å². The van der Waals surface area contributed by atoms with Crippen molar-refractivity contribution in [2.45, 2.75) is 6.42 Å². The molecule has 0 nitrogen and oxygen atoms in total. The maximum absolute atomic E-state index is 3.95. The minimum absolute atomic E-state index is 0.951. The van der Waals surface area contributed by atoms with E-state index in [9.17, 15) is 0 Å². The van der Waals surface area contributed by atoms with Crippen LogP contribution >= 0.6 is 12.6 Å². The van der Waals surface area contributed by atoms with Crippen LogP contribution in [0, 0.1) is 0 Å². The number of hydrogen-bond acceptors (Lipinski definition) is 1. The second-order valence-electron chi connectivity index (χ2n) is 0.679. The van der Waals surface area contributed by atoms with E-state index >= 15 is 0 Å². The predicted molar refractivity (Wildman–Crippen MR) is 30.3 cm³/mol. The number of rotatable bonds is 2. The first-order chi connectivity index (χ1) is 2.41. The summed E-state index contributed by atoms with van der Waals surface area (Å²) in [6.07, 6.45) is 1.07. The fourth-order valence-corrected chi connectivity index (χ4v) is 0.822. The van der Waals surface area contributed by atoms with Crippen molar-refractivity contribution in [2.75, 3.05) is 5.75 Å². The molecule has 0 unspecified atom stereocenters. The van der Waals surface area contributed by atoms with Gasteiger partial charge in [-0.1, -0.05) is 0 Å². The van der Waals surface area contributed by atoms with Gasteiger partial charge in [0.25, 0.3) is 0 Å². The first-order valence-electron chi connectivity index (χ1n) is 1.46. The van der Waals surface area contributed by atoms with Crippen molar-refractivity contribution in [3.05, 3.63) is 0 Å². The molecular formula is C3H6SSe. The Morgan fingerprint density at radius 2 is 2.40 bits per heavy atom. The van der Waals surface area contributed by atoms with Crippen LogP contribution < -0.4 is 0 Å². The van der Waals surface area contributed by atoms with Gasteiger partial charge in [-0.15, -0.1) is 0 Å². The fourth-order valence-electron chi connectivity index (χ4n) is 0.0527. The molecule has 0 saturated carbocycles. The predicted octanol–water partition coefficient (Wildman–Crippen LogP) is 0.277. The maximum atomic E-state index is 3.95. The molecule has 0 radical (unpaired) electrons. The van der Waals surface area contributed by atoms with Crippen LogP contribution in [0.3, 0.4) is 0 Å². The van der Waals surface area contributed by atoms with E-state index in [2.05, 4.69) is 28.2 Å². The van der Waals surface area contributed by atoms with Crippen LogP contribution in [-0.4, -0.2) is 26.2 Å². The van der Waals surface area contributed by atoms with Gasteiger partial charge >= 0.3 is 45.3 Å². The van der Waals surface area contributed by atoms with E-state index in [0.29, 0.717) is 0 Å². The molecule has 0 rings (SSSR count). The molecule has 30 valence electrons. The van der Waals surface area contributed by atoms with Crippen LogP contribution in [0.4, 0.5) is 0 Å². The average molecular weight is 153 g/mol. The van der Waals surface area contributed by atoms with Gasteiger partial charge in [0, 0.05) is 0 Å². The van der Waals surface area contributed by atoms with Crippen molar-refractivity contribution >= 4 is 33.1 Å². The first kappa shape index (κ1) is 5.74. The van der Waals surface area contributed by atoms with Crippen LogP contribution in [0.2, 0.25) is 0 Å². The summed E-state index contributed by atoms with van der Waals surface area (Å²) in [5, 5.41) is 0. The van der Waals surface area contributed by atoms with Crippen molar-refractivity contribution in [1.29, 1.82) is 0 Å². The molecule has 0 aromatic heterocycles. The molecule has 0 aliphatic rings. The molecule has 2 heteroatoms. The van der Waals surface area contributed by atoms with Gasteiger partial charge in [-0.25, -0.2) is 0 Å². The summed E-state index contributed by atoms with van der Waals surface area (Å²) < 4.78 is 0. The summed E-state index contributed by atoms with van der Waals surface area (Å²) in [7, 11) is 0. The van der Waals surface area contributed by atoms with Crippen LogP contribution in [0.25, 0.3) is 0 Å². The van der Waals surface area contributed by atoms with E-state index < -0.39 is 0 Å². The Hall–Kier alpha value is 0.739. The van der Waals surface area contributed by atoms with Gasteiger partial charge in [0.05, 0.1) is 0 Å². The average Bonchev–Trinajstić information content (AvgIpc) is 1.41. The SMILES string of the molecule is SCCC=[Se]. The van der Waals surface area contributed by atoms with E-state index in [1.807, 2.05) is 4.92 Å². The Balaban J connectivity index is 2.40. The van der Waals surface area contributed by atoms with Crippen molar-refractivity contribution in [3.63, 3.8) is 0 Å². The molecule has 0 heterocycles. The standard InChI is InChI=1S/C3H6SSe/c4-2-1-3-5/h3-4H,1-2H2. The molecular weight excluding hydrogens is 147 g/mol. The van der Waals surface area contributed by atoms with Crippen LogP contribution in [0.1, 0.15) is 6.42 Å². The molecule has 0 amide bonds. The molecule has 0 N–H and O–H groups in total. The van der Waals surface area contributed by atoms with Gasteiger partial charge in [0.15, 0.2) is 0 Å². The van der Waals surface area contributed by atoms with Crippen molar-refractivity contribution in [2.24, 2.45) is 0 Å². The van der Waals surface area contributed by atoms with E-state index in [-0.39, 0.29) is 0 Å². The van der Waals surface area contributed by atoms with E-state index in [0.717, 1.165) is 12.2 Å². The zero-order valence-corrected chi connectivity index (χ0v) is 5.45. The zero-order valence-electron chi connectivity index (χ0n) is 2.85. The summed E-state index contributed by atoms with van der Waals surface area (Å²) in [5.74, 6) is 0.951. The number of thiol groups is 1. The van der Waals surface area contributed by atoms with Gasteiger partial charge in [0.1, 0.15) is 0 Å². The summed E-state index contributed by atoms with van der Waals surface area (Å²) in [6.45, 7) is 0. The number of hydrogen-bond donors (Lipinski definition) is 1. The monoisotopic (exact) mass is 154 g/mol. The molecule has 0 aliphatic heterocycles. The molecule has 0 aromatic carbocycles. The molecule has 0 bridgehead atoms. The van der Waals surface area contributed by atoms with Gasteiger partial charge in [0.2, 0.25) is 0 Å². The molecule has 0 atom stereocenters. The fraction of sp³-hybridized carbons (Fsp3) is 0.667. The van der Waals surface area contributed by atoms with Crippen molar-refractivity contribution < 1.29 is 0 Å². The summed E-state index contributed by atoms with van der Waals surface area (Å²) in [4.78, 5) is 1.98. The van der Waals surface area contributed by atoms with Crippen LogP contribution in [0.15, 0.2) is 0 Å². The minimum atomic E-state index is 0.951.